The van der Waals surface area contributed by atoms with Gasteiger partial charge in [-0.05, 0) is 54.6 Å². The number of hydrogen-bond donors (Lipinski definition) is 1. The van der Waals surface area contributed by atoms with E-state index in [1.54, 1.807) is 36.4 Å². The Morgan fingerprint density at radius 1 is 1.07 bits per heavy atom. The van der Waals surface area contributed by atoms with E-state index in [-0.39, 0.29) is 5.91 Å². The third-order valence-corrected chi connectivity index (χ3v) is 4.00. The average molecular weight is 361 g/mol. The van der Waals surface area contributed by atoms with E-state index in [9.17, 15) is 9.18 Å². The normalized spacial score (nSPS) is 10.7. The number of benzene rings is 2. The first kappa shape index (κ1) is 16.8. The number of ether oxygens (including phenoxy) is 1. The van der Waals surface area contributed by atoms with Crippen LogP contribution < -0.4 is 10.1 Å². The summed E-state index contributed by atoms with van der Waals surface area (Å²) in [6, 6.07) is 18.3. The number of anilines is 1. The molecule has 5 nitrogen and oxygen atoms in total. The summed E-state index contributed by atoms with van der Waals surface area (Å²) in [6.07, 6.45) is 3.84. The van der Waals surface area contributed by atoms with Crippen molar-refractivity contribution in [3.8, 4) is 5.75 Å². The highest BCUT2D eigenvalue weighted by Crippen LogP contribution is 2.16. The molecule has 0 saturated heterocycles. The molecule has 0 aliphatic rings. The molecule has 4 aromatic rings. The van der Waals surface area contributed by atoms with Gasteiger partial charge in [0.25, 0.3) is 5.91 Å². The molecule has 0 spiro atoms. The molecule has 2 heterocycles. The van der Waals surface area contributed by atoms with Gasteiger partial charge in [-0.25, -0.2) is 9.37 Å². The van der Waals surface area contributed by atoms with Gasteiger partial charge in [0.15, 0.2) is 0 Å². The number of fused-ring (bicyclic) bond motifs is 1. The molecule has 0 aliphatic heterocycles. The van der Waals surface area contributed by atoms with Gasteiger partial charge in [-0.1, -0.05) is 12.1 Å². The molecule has 6 heteroatoms. The Morgan fingerprint density at radius 3 is 2.70 bits per heavy atom. The van der Waals surface area contributed by atoms with Crippen LogP contribution in [0.5, 0.6) is 5.75 Å². The molecule has 2 aromatic heterocycles. The highest BCUT2D eigenvalue weighted by molar-refractivity contribution is 6.04. The molecule has 2 aromatic carbocycles. The molecule has 0 atom stereocenters. The van der Waals surface area contributed by atoms with Gasteiger partial charge in [-0.15, -0.1) is 0 Å². The number of rotatable bonds is 5. The fourth-order valence-electron chi connectivity index (χ4n) is 2.69. The first-order valence-electron chi connectivity index (χ1n) is 8.40. The van der Waals surface area contributed by atoms with Crippen molar-refractivity contribution >= 4 is 17.2 Å². The maximum atomic E-state index is 13.2. The molecular formula is C21H16FN3O2. The number of nitrogens with one attached hydrogen (secondary N) is 1. The van der Waals surface area contributed by atoms with Crippen LogP contribution in [0.1, 0.15) is 16.1 Å². The Balaban J connectivity index is 1.38. The van der Waals surface area contributed by atoms with Crippen molar-refractivity contribution in [1.82, 2.24) is 9.38 Å². The molecule has 27 heavy (non-hydrogen) atoms. The van der Waals surface area contributed by atoms with Crippen molar-refractivity contribution in [3.63, 3.8) is 0 Å². The fourth-order valence-corrected chi connectivity index (χ4v) is 2.69. The predicted octanol–water partition coefficient (Wildman–Crippen LogP) is 4.30. The summed E-state index contributed by atoms with van der Waals surface area (Å²) >= 11 is 0. The van der Waals surface area contributed by atoms with Crippen molar-refractivity contribution in [2.75, 3.05) is 5.32 Å². The van der Waals surface area contributed by atoms with E-state index in [0.29, 0.717) is 23.6 Å². The SMILES string of the molecule is O=C(Nc1cccc(F)c1)c1ccc(OCc2cn3ccccc3n2)cc1. The zero-order valence-corrected chi connectivity index (χ0v) is 14.3. The summed E-state index contributed by atoms with van der Waals surface area (Å²) in [7, 11) is 0. The number of halogens is 1. The summed E-state index contributed by atoms with van der Waals surface area (Å²) in [5, 5.41) is 2.66. The maximum absolute atomic E-state index is 13.2. The zero-order valence-electron chi connectivity index (χ0n) is 14.3. The second kappa shape index (κ2) is 7.29. The van der Waals surface area contributed by atoms with Crippen molar-refractivity contribution in [3.05, 3.63) is 96.2 Å². The number of nitrogens with zero attached hydrogens (tertiary/aromatic N) is 2. The van der Waals surface area contributed by atoms with E-state index >= 15 is 0 Å². The van der Waals surface area contributed by atoms with Crippen LogP contribution in [0.25, 0.3) is 5.65 Å². The standard InChI is InChI=1S/C21H16FN3O2/c22-16-4-3-5-17(12-16)24-21(26)15-7-9-19(10-8-15)27-14-18-13-25-11-2-1-6-20(25)23-18/h1-13H,14H2,(H,24,26). The quantitative estimate of drug-likeness (QED) is 0.576. The highest BCUT2D eigenvalue weighted by atomic mass is 19.1. The van der Waals surface area contributed by atoms with Crippen LogP contribution in [0.3, 0.4) is 0 Å². The van der Waals surface area contributed by atoms with Gasteiger partial charge in [-0.2, -0.15) is 0 Å². The van der Waals surface area contributed by atoms with E-state index < -0.39 is 5.82 Å². The lowest BCUT2D eigenvalue weighted by Crippen LogP contribution is -2.11. The molecule has 0 saturated carbocycles. The van der Waals surface area contributed by atoms with Crippen molar-refractivity contribution in [2.24, 2.45) is 0 Å². The highest BCUT2D eigenvalue weighted by Gasteiger charge is 2.07. The molecule has 0 bridgehead atoms. The molecule has 0 aliphatic carbocycles. The molecule has 1 N–H and O–H groups in total. The van der Waals surface area contributed by atoms with Crippen LogP contribution in [-0.2, 0) is 6.61 Å². The Morgan fingerprint density at radius 2 is 1.93 bits per heavy atom. The third kappa shape index (κ3) is 3.95. The van der Waals surface area contributed by atoms with Crippen molar-refractivity contribution in [2.45, 2.75) is 6.61 Å². The number of imidazole rings is 1. The number of carbonyl (C=O) groups is 1. The van der Waals surface area contributed by atoms with Crippen LogP contribution in [0.2, 0.25) is 0 Å². The van der Waals surface area contributed by atoms with Crippen molar-refractivity contribution in [1.29, 1.82) is 0 Å². The Labute approximate surface area is 155 Å². The van der Waals surface area contributed by atoms with Crippen LogP contribution in [0, 0.1) is 5.82 Å². The van der Waals surface area contributed by atoms with Gasteiger partial charge in [0.2, 0.25) is 0 Å². The second-order valence-corrected chi connectivity index (χ2v) is 5.98. The lowest BCUT2D eigenvalue weighted by atomic mass is 10.2. The lowest BCUT2D eigenvalue weighted by molar-refractivity contribution is 0.102. The van der Waals surface area contributed by atoms with Gasteiger partial charge >= 0.3 is 0 Å². The van der Waals surface area contributed by atoms with Crippen LogP contribution in [-0.4, -0.2) is 15.3 Å². The molecule has 0 fully saturated rings. The first-order valence-corrected chi connectivity index (χ1v) is 8.40. The minimum atomic E-state index is -0.400. The van der Waals surface area contributed by atoms with Crippen molar-refractivity contribution < 1.29 is 13.9 Å². The van der Waals surface area contributed by atoms with Crippen LogP contribution in [0.15, 0.2) is 79.1 Å². The molecular weight excluding hydrogens is 345 g/mol. The Kier molecular flexibility index (Phi) is 4.53. The van der Waals surface area contributed by atoms with E-state index in [2.05, 4.69) is 10.3 Å². The Hall–Kier alpha value is -3.67. The third-order valence-electron chi connectivity index (χ3n) is 4.00. The summed E-state index contributed by atoms with van der Waals surface area (Å²) in [4.78, 5) is 16.7. The number of carbonyl (C=O) groups excluding carboxylic acids is 1. The Bertz CT molecular complexity index is 1060. The first-order chi connectivity index (χ1) is 13.2. The fraction of sp³-hybridized carbons (Fsp3) is 0.0476. The summed E-state index contributed by atoms with van der Waals surface area (Å²) in [6.45, 7) is 0.330. The number of hydrogen-bond acceptors (Lipinski definition) is 3. The molecule has 134 valence electrons. The zero-order chi connectivity index (χ0) is 18.6. The minimum Gasteiger partial charge on any atom is -0.487 e. The van der Waals surface area contributed by atoms with E-state index in [0.717, 1.165) is 11.3 Å². The van der Waals surface area contributed by atoms with Gasteiger partial charge in [0.1, 0.15) is 23.8 Å². The van der Waals surface area contributed by atoms with Gasteiger partial charge < -0.3 is 14.5 Å². The summed E-state index contributed by atoms with van der Waals surface area (Å²) in [5.74, 6) is -0.0784. The largest absolute Gasteiger partial charge is 0.487 e. The lowest BCUT2D eigenvalue weighted by Gasteiger charge is -2.07. The number of pyridine rings is 1. The summed E-state index contributed by atoms with van der Waals surface area (Å²) < 4.78 is 20.9. The molecule has 0 unspecified atom stereocenters. The predicted molar refractivity (Wildman–Crippen MR) is 100 cm³/mol. The van der Waals surface area contributed by atoms with Gasteiger partial charge in [0.05, 0.1) is 5.69 Å². The van der Waals surface area contributed by atoms with Gasteiger partial charge in [-0.3, -0.25) is 4.79 Å². The van der Waals surface area contributed by atoms with E-state index in [1.165, 1.54) is 12.1 Å². The average Bonchev–Trinajstić information content (AvgIpc) is 3.10. The monoisotopic (exact) mass is 361 g/mol. The van der Waals surface area contributed by atoms with Crippen LogP contribution in [0.4, 0.5) is 10.1 Å². The molecule has 1 amide bonds. The second-order valence-electron chi connectivity index (χ2n) is 5.98. The maximum Gasteiger partial charge on any atom is 0.255 e. The summed E-state index contributed by atoms with van der Waals surface area (Å²) in [5.41, 5.74) is 2.54. The van der Waals surface area contributed by atoms with E-state index in [4.69, 9.17) is 4.74 Å². The minimum absolute atomic E-state index is 0.312. The topological polar surface area (TPSA) is 55.6 Å². The molecule has 0 radical (unpaired) electrons. The number of amides is 1. The van der Waals surface area contributed by atoms with Crippen LogP contribution >= 0.6 is 0 Å². The van der Waals surface area contributed by atoms with E-state index in [1.807, 2.05) is 35.0 Å². The van der Waals surface area contributed by atoms with Gasteiger partial charge in [0, 0.05) is 23.6 Å². The smallest absolute Gasteiger partial charge is 0.255 e. The number of aromatic nitrogens is 2. The molecule has 4 rings (SSSR count).